The molecule has 0 aromatic heterocycles. The predicted molar refractivity (Wildman–Crippen MR) is 52.8 cm³/mol. The summed E-state index contributed by atoms with van der Waals surface area (Å²) in [4.78, 5) is 11.9. The maximum absolute atomic E-state index is 11.9. The summed E-state index contributed by atoms with van der Waals surface area (Å²) in [5.74, 6) is 0.0725. The number of rotatable bonds is 1. The van der Waals surface area contributed by atoms with Crippen molar-refractivity contribution in [1.29, 1.82) is 5.26 Å². The van der Waals surface area contributed by atoms with Gasteiger partial charge in [0.25, 0.3) is 0 Å². The molecule has 0 bridgehead atoms. The average Bonchev–Trinajstić information content (AvgIpc) is 2.23. The molecule has 0 amide bonds. The number of hydrogen-bond donors (Lipinski definition) is 0. The number of nitrogens with zero attached hydrogens (tertiary/aromatic N) is 1. The van der Waals surface area contributed by atoms with Crippen molar-refractivity contribution in [1.82, 2.24) is 0 Å². The van der Waals surface area contributed by atoms with E-state index in [0.29, 0.717) is 6.42 Å². The lowest BCUT2D eigenvalue weighted by molar-refractivity contribution is 0.0904. The molecule has 1 aliphatic carbocycles. The predicted octanol–water partition coefficient (Wildman–Crippen LogP) is 2.35. The monoisotopic (exact) mass is 185 g/mol. The summed E-state index contributed by atoms with van der Waals surface area (Å²) in [6.07, 6.45) is 2.10. The first-order valence-electron chi connectivity index (χ1n) is 4.82. The van der Waals surface area contributed by atoms with Gasteiger partial charge in [-0.25, -0.2) is 0 Å². The lowest BCUT2D eigenvalue weighted by Crippen LogP contribution is -2.21. The highest BCUT2D eigenvalue weighted by atomic mass is 16.1. The second-order valence-electron chi connectivity index (χ2n) is 3.62. The smallest absolute Gasteiger partial charge is 0.167 e. The van der Waals surface area contributed by atoms with E-state index < -0.39 is 0 Å². The van der Waals surface area contributed by atoms with Gasteiger partial charge < -0.3 is 0 Å². The summed E-state index contributed by atoms with van der Waals surface area (Å²) in [5, 5.41) is 8.58. The maximum atomic E-state index is 11.9. The largest absolute Gasteiger partial charge is 0.294 e. The van der Waals surface area contributed by atoms with Crippen LogP contribution in [0.5, 0.6) is 0 Å². The number of carbonyl (C=O) groups is 1. The Morgan fingerprint density at radius 2 is 2.21 bits per heavy atom. The first-order valence-corrected chi connectivity index (χ1v) is 4.82. The highest BCUT2D eigenvalue weighted by Crippen LogP contribution is 2.26. The molecule has 0 unspecified atom stereocenters. The minimum atomic E-state index is -0.0742. The van der Waals surface area contributed by atoms with E-state index in [4.69, 9.17) is 5.26 Å². The zero-order chi connectivity index (χ0) is 9.97. The molecule has 0 spiro atoms. The molecular formula is C12H11NO. The quantitative estimate of drug-likeness (QED) is 0.673. The minimum Gasteiger partial charge on any atom is -0.294 e. The second kappa shape index (κ2) is 3.63. The van der Waals surface area contributed by atoms with Gasteiger partial charge in [-0.15, -0.1) is 0 Å². The van der Waals surface area contributed by atoms with Crippen LogP contribution < -0.4 is 0 Å². The lowest BCUT2D eigenvalue weighted by Gasteiger charge is -2.20. The molecule has 2 heteroatoms. The number of aryl methyl sites for hydroxylation is 1. The van der Waals surface area contributed by atoms with Gasteiger partial charge in [-0.2, -0.15) is 5.26 Å². The van der Waals surface area contributed by atoms with Gasteiger partial charge in [0, 0.05) is 17.9 Å². The molecule has 0 radical (unpaired) electrons. The van der Waals surface area contributed by atoms with Crippen LogP contribution in [0.1, 0.15) is 28.8 Å². The Morgan fingerprint density at radius 1 is 1.43 bits per heavy atom. The minimum absolute atomic E-state index is 0.0742. The third kappa shape index (κ3) is 1.42. The Bertz CT molecular complexity index is 403. The molecule has 1 atom stereocenters. The van der Waals surface area contributed by atoms with E-state index in [2.05, 4.69) is 6.07 Å². The summed E-state index contributed by atoms with van der Waals surface area (Å²) < 4.78 is 0. The van der Waals surface area contributed by atoms with Gasteiger partial charge in [0.1, 0.15) is 0 Å². The summed E-state index contributed by atoms with van der Waals surface area (Å²) in [5.41, 5.74) is 1.95. The van der Waals surface area contributed by atoms with Crippen molar-refractivity contribution >= 4 is 5.78 Å². The maximum Gasteiger partial charge on any atom is 0.167 e. The Morgan fingerprint density at radius 3 is 3.00 bits per heavy atom. The number of nitriles is 1. The molecule has 2 nitrogen and oxygen atoms in total. The van der Waals surface area contributed by atoms with E-state index in [1.165, 1.54) is 0 Å². The molecule has 0 heterocycles. The van der Waals surface area contributed by atoms with Crippen LogP contribution in [0.2, 0.25) is 0 Å². The van der Waals surface area contributed by atoms with Crippen molar-refractivity contribution < 1.29 is 4.79 Å². The Kier molecular flexibility index (Phi) is 2.32. The van der Waals surface area contributed by atoms with Gasteiger partial charge in [-0.05, 0) is 18.4 Å². The molecule has 70 valence electrons. The Labute approximate surface area is 83.2 Å². The molecule has 0 fully saturated rings. The zero-order valence-electron chi connectivity index (χ0n) is 7.86. The van der Waals surface area contributed by atoms with Gasteiger partial charge in [-0.3, -0.25) is 4.79 Å². The average molecular weight is 185 g/mol. The lowest BCUT2D eigenvalue weighted by atomic mass is 9.81. The van der Waals surface area contributed by atoms with Gasteiger partial charge in [0.05, 0.1) is 6.07 Å². The molecule has 14 heavy (non-hydrogen) atoms. The van der Waals surface area contributed by atoms with Crippen molar-refractivity contribution in [2.24, 2.45) is 5.92 Å². The molecular weight excluding hydrogens is 174 g/mol. The molecule has 1 aliphatic rings. The Hall–Kier alpha value is -1.62. The van der Waals surface area contributed by atoms with Crippen LogP contribution in [0.25, 0.3) is 0 Å². The fourth-order valence-corrected chi connectivity index (χ4v) is 1.96. The molecule has 1 aromatic rings. The van der Waals surface area contributed by atoms with Crippen LogP contribution in [0.15, 0.2) is 24.3 Å². The Balaban J connectivity index is 2.33. The van der Waals surface area contributed by atoms with E-state index >= 15 is 0 Å². The van der Waals surface area contributed by atoms with Crippen molar-refractivity contribution in [3.8, 4) is 6.07 Å². The zero-order valence-corrected chi connectivity index (χ0v) is 7.86. The number of fused-ring (bicyclic) bond motifs is 1. The van der Waals surface area contributed by atoms with Crippen molar-refractivity contribution in [2.75, 3.05) is 0 Å². The fourth-order valence-electron chi connectivity index (χ4n) is 1.96. The van der Waals surface area contributed by atoms with Gasteiger partial charge in [0.15, 0.2) is 5.78 Å². The summed E-state index contributed by atoms with van der Waals surface area (Å²) in [6, 6.07) is 9.77. The van der Waals surface area contributed by atoms with E-state index in [1.807, 2.05) is 24.3 Å². The summed E-state index contributed by atoms with van der Waals surface area (Å²) >= 11 is 0. The van der Waals surface area contributed by atoms with Crippen LogP contribution >= 0.6 is 0 Å². The number of carbonyl (C=O) groups excluding carboxylic acids is 1. The topological polar surface area (TPSA) is 40.9 Å². The first kappa shape index (κ1) is 8.96. The van der Waals surface area contributed by atoms with Gasteiger partial charge in [0.2, 0.25) is 0 Å². The van der Waals surface area contributed by atoms with E-state index in [0.717, 1.165) is 24.0 Å². The molecule has 0 saturated carbocycles. The van der Waals surface area contributed by atoms with Crippen molar-refractivity contribution in [3.05, 3.63) is 35.4 Å². The van der Waals surface area contributed by atoms with E-state index in [1.54, 1.807) is 0 Å². The van der Waals surface area contributed by atoms with Gasteiger partial charge in [-0.1, -0.05) is 24.3 Å². The van der Waals surface area contributed by atoms with Crippen LogP contribution in [-0.4, -0.2) is 5.78 Å². The van der Waals surface area contributed by atoms with Gasteiger partial charge >= 0.3 is 0 Å². The third-order valence-corrected chi connectivity index (χ3v) is 2.75. The SMILES string of the molecule is N#CC[C@@H]1CCc2ccccc2C1=O. The highest BCUT2D eigenvalue weighted by Gasteiger charge is 2.26. The summed E-state index contributed by atoms with van der Waals surface area (Å²) in [6.45, 7) is 0. The molecule has 1 aromatic carbocycles. The standard InChI is InChI=1S/C12H11NO/c13-8-7-10-6-5-9-3-1-2-4-11(9)12(10)14/h1-4,10H,5-7H2/t10-/m0/s1. The van der Waals surface area contributed by atoms with Crippen molar-refractivity contribution in [2.45, 2.75) is 19.3 Å². The molecule has 0 saturated heterocycles. The molecule has 2 rings (SSSR count). The highest BCUT2D eigenvalue weighted by molar-refractivity contribution is 6.00. The second-order valence-corrected chi connectivity index (χ2v) is 3.62. The summed E-state index contributed by atoms with van der Waals surface area (Å²) in [7, 11) is 0. The molecule has 0 aliphatic heterocycles. The third-order valence-electron chi connectivity index (χ3n) is 2.75. The number of hydrogen-bond acceptors (Lipinski definition) is 2. The molecule has 0 N–H and O–H groups in total. The van der Waals surface area contributed by atoms with E-state index in [9.17, 15) is 4.79 Å². The van der Waals surface area contributed by atoms with Crippen molar-refractivity contribution in [3.63, 3.8) is 0 Å². The first-order chi connectivity index (χ1) is 6.83. The van der Waals surface area contributed by atoms with Crippen LogP contribution in [0.3, 0.4) is 0 Å². The van der Waals surface area contributed by atoms with Crippen LogP contribution in [0.4, 0.5) is 0 Å². The number of ketones is 1. The normalized spacial score (nSPS) is 19.9. The van der Waals surface area contributed by atoms with Crippen LogP contribution in [-0.2, 0) is 6.42 Å². The number of Topliss-reactive ketones (excluding diaryl/α,β-unsaturated/α-hetero) is 1. The van der Waals surface area contributed by atoms with E-state index in [-0.39, 0.29) is 11.7 Å². The fraction of sp³-hybridized carbons (Fsp3) is 0.333. The number of benzene rings is 1. The van der Waals surface area contributed by atoms with Crippen LogP contribution in [0, 0.1) is 17.2 Å².